The van der Waals surface area contributed by atoms with Gasteiger partial charge in [-0.25, -0.2) is 4.79 Å². The number of hydrogen-bond donors (Lipinski definition) is 1. The lowest BCUT2D eigenvalue weighted by Crippen LogP contribution is -2.54. The Hall–Kier alpha value is -1.30. The number of halogens is 1. The van der Waals surface area contributed by atoms with Crippen LogP contribution in [-0.4, -0.2) is 61.3 Å². The molecule has 0 radical (unpaired) electrons. The first kappa shape index (κ1) is 16.6. The van der Waals surface area contributed by atoms with Crippen LogP contribution in [0.5, 0.6) is 0 Å². The molecular weight excluding hydrogens is 314 g/mol. The van der Waals surface area contributed by atoms with Crippen molar-refractivity contribution in [3.8, 4) is 0 Å². The molecule has 3 rings (SSSR count). The van der Waals surface area contributed by atoms with Gasteiger partial charge in [-0.1, -0.05) is 17.7 Å². The Balaban J connectivity index is 1.58. The lowest BCUT2D eigenvalue weighted by molar-refractivity contribution is -0.0340. The number of nitrogens with zero attached hydrogens (tertiary/aromatic N) is 2. The molecule has 2 amide bonds. The molecule has 1 aromatic carbocycles. The number of carbonyl (C=O) groups is 1. The van der Waals surface area contributed by atoms with Gasteiger partial charge < -0.3 is 19.9 Å². The molecule has 1 fully saturated rings. The van der Waals surface area contributed by atoms with Crippen LogP contribution in [0.2, 0.25) is 5.02 Å². The minimum Gasteiger partial charge on any atom is -0.373 e. The largest absolute Gasteiger partial charge is 0.373 e. The highest BCUT2D eigenvalue weighted by Crippen LogP contribution is 2.22. The smallest absolute Gasteiger partial charge is 0.318 e. The van der Waals surface area contributed by atoms with Gasteiger partial charge >= 0.3 is 6.03 Å². The molecule has 0 aliphatic carbocycles. The Morgan fingerprint density at radius 3 is 3.00 bits per heavy atom. The number of nitrogens with one attached hydrogen (secondary N) is 1. The van der Waals surface area contributed by atoms with E-state index in [9.17, 15) is 4.79 Å². The maximum absolute atomic E-state index is 12.5. The van der Waals surface area contributed by atoms with Crippen molar-refractivity contribution in [2.75, 3.05) is 33.3 Å². The Morgan fingerprint density at radius 1 is 1.39 bits per heavy atom. The molecule has 0 bridgehead atoms. The third-order valence-electron chi connectivity index (χ3n) is 4.67. The highest BCUT2D eigenvalue weighted by Gasteiger charge is 2.27. The van der Waals surface area contributed by atoms with E-state index in [4.69, 9.17) is 16.3 Å². The Labute approximate surface area is 142 Å². The molecular formula is C17H24ClN3O2. The molecule has 0 spiro atoms. The van der Waals surface area contributed by atoms with Gasteiger partial charge in [-0.15, -0.1) is 0 Å². The van der Waals surface area contributed by atoms with Gasteiger partial charge in [0.15, 0.2) is 0 Å². The average Bonchev–Trinajstić information content (AvgIpc) is 2.54. The fourth-order valence-corrected chi connectivity index (χ4v) is 3.39. The molecule has 0 unspecified atom stereocenters. The molecule has 6 heteroatoms. The average molecular weight is 338 g/mol. The summed E-state index contributed by atoms with van der Waals surface area (Å²) in [7, 11) is 2.08. The van der Waals surface area contributed by atoms with Crippen molar-refractivity contribution in [2.45, 2.75) is 32.0 Å². The minimum atomic E-state index is -0.0278. The van der Waals surface area contributed by atoms with E-state index in [1.807, 2.05) is 24.0 Å². The molecule has 2 aliphatic rings. The molecule has 5 nitrogen and oxygen atoms in total. The van der Waals surface area contributed by atoms with Crippen LogP contribution in [0.3, 0.4) is 0 Å². The van der Waals surface area contributed by atoms with Crippen LogP contribution in [0, 0.1) is 0 Å². The molecule has 23 heavy (non-hydrogen) atoms. The zero-order chi connectivity index (χ0) is 16.4. The zero-order valence-electron chi connectivity index (χ0n) is 13.7. The first-order valence-electron chi connectivity index (χ1n) is 8.16. The van der Waals surface area contributed by atoms with Crippen molar-refractivity contribution in [1.82, 2.24) is 15.1 Å². The summed E-state index contributed by atoms with van der Waals surface area (Å²) in [4.78, 5) is 16.6. The van der Waals surface area contributed by atoms with Crippen molar-refractivity contribution in [1.29, 1.82) is 0 Å². The van der Waals surface area contributed by atoms with Crippen molar-refractivity contribution < 1.29 is 9.53 Å². The summed E-state index contributed by atoms with van der Waals surface area (Å²) in [6.07, 6.45) is 0.918. The molecule has 1 saturated heterocycles. The van der Waals surface area contributed by atoms with Gasteiger partial charge in [0.1, 0.15) is 0 Å². The topological polar surface area (TPSA) is 44.8 Å². The fourth-order valence-electron chi connectivity index (χ4n) is 3.19. The summed E-state index contributed by atoms with van der Waals surface area (Å²) < 4.78 is 5.78. The molecule has 0 aromatic heterocycles. The van der Waals surface area contributed by atoms with Crippen molar-refractivity contribution >= 4 is 17.6 Å². The van der Waals surface area contributed by atoms with Crippen LogP contribution < -0.4 is 5.32 Å². The molecule has 2 aliphatic heterocycles. The maximum Gasteiger partial charge on any atom is 0.318 e. The van der Waals surface area contributed by atoms with E-state index in [0.29, 0.717) is 6.54 Å². The second-order valence-electron chi connectivity index (χ2n) is 6.49. The quantitative estimate of drug-likeness (QED) is 0.899. The monoisotopic (exact) mass is 337 g/mol. The van der Waals surface area contributed by atoms with Gasteiger partial charge in [0.25, 0.3) is 0 Å². The number of ether oxygens (including phenoxy) is 1. The number of morpholine rings is 1. The summed E-state index contributed by atoms with van der Waals surface area (Å²) in [6, 6.07) is 5.89. The number of carbonyl (C=O) groups excluding carboxylic acids is 1. The van der Waals surface area contributed by atoms with E-state index in [2.05, 4.69) is 23.3 Å². The number of hydrogen-bond acceptors (Lipinski definition) is 3. The zero-order valence-corrected chi connectivity index (χ0v) is 14.5. The molecule has 2 atom stereocenters. The van der Waals surface area contributed by atoms with Crippen LogP contribution >= 0.6 is 11.6 Å². The Kier molecular flexibility index (Phi) is 5.09. The fraction of sp³-hybridized carbons (Fsp3) is 0.588. The first-order valence-corrected chi connectivity index (χ1v) is 8.53. The number of fused-ring (bicyclic) bond motifs is 1. The summed E-state index contributed by atoms with van der Waals surface area (Å²) >= 11 is 6.06. The number of urea groups is 1. The standard InChI is InChI=1S/C17H24ClN3O2/c1-12(16-11-20(2)7-8-23-16)19-17(22)21-6-5-13-3-4-15(18)9-14(13)10-21/h3-4,9,12,16H,5-8,10-11H2,1-2H3,(H,19,22)/t12-,16-/m0/s1. The summed E-state index contributed by atoms with van der Waals surface area (Å²) in [5.41, 5.74) is 2.42. The maximum atomic E-state index is 12.5. The number of likely N-dealkylation sites (N-methyl/N-ethyl adjacent to an activating group) is 1. The van der Waals surface area contributed by atoms with Gasteiger partial charge in [-0.05, 0) is 43.7 Å². The van der Waals surface area contributed by atoms with Crippen molar-refractivity contribution in [3.05, 3.63) is 34.3 Å². The molecule has 0 saturated carbocycles. The van der Waals surface area contributed by atoms with Crippen LogP contribution in [0.15, 0.2) is 18.2 Å². The van der Waals surface area contributed by atoms with Crippen molar-refractivity contribution in [2.24, 2.45) is 0 Å². The third kappa shape index (κ3) is 3.97. The van der Waals surface area contributed by atoms with Gasteiger partial charge in [-0.3, -0.25) is 0 Å². The molecule has 1 aromatic rings. The van der Waals surface area contributed by atoms with E-state index in [0.717, 1.165) is 43.2 Å². The highest BCUT2D eigenvalue weighted by molar-refractivity contribution is 6.30. The highest BCUT2D eigenvalue weighted by atomic mass is 35.5. The van der Waals surface area contributed by atoms with Crippen LogP contribution in [-0.2, 0) is 17.7 Å². The predicted molar refractivity (Wildman–Crippen MR) is 90.8 cm³/mol. The van der Waals surface area contributed by atoms with Crippen molar-refractivity contribution in [3.63, 3.8) is 0 Å². The lowest BCUT2D eigenvalue weighted by Gasteiger charge is -2.36. The predicted octanol–water partition coefficient (Wildman–Crippen LogP) is 2.13. The molecule has 1 N–H and O–H groups in total. The van der Waals surface area contributed by atoms with E-state index in [-0.39, 0.29) is 18.2 Å². The van der Waals surface area contributed by atoms with Gasteiger partial charge in [0.2, 0.25) is 0 Å². The van der Waals surface area contributed by atoms with Gasteiger partial charge in [0.05, 0.1) is 18.8 Å². The van der Waals surface area contributed by atoms with E-state index in [1.54, 1.807) is 0 Å². The van der Waals surface area contributed by atoms with E-state index < -0.39 is 0 Å². The number of amides is 2. The van der Waals surface area contributed by atoms with E-state index >= 15 is 0 Å². The second-order valence-corrected chi connectivity index (χ2v) is 6.93. The van der Waals surface area contributed by atoms with Gasteiger partial charge in [0, 0.05) is 31.2 Å². The SMILES string of the molecule is C[C@H](NC(=O)N1CCc2ccc(Cl)cc2C1)[C@@H]1CN(C)CCO1. The van der Waals surface area contributed by atoms with Crippen LogP contribution in [0.4, 0.5) is 4.79 Å². The normalized spacial score (nSPS) is 23.3. The molecule has 2 heterocycles. The minimum absolute atomic E-state index is 0.00833. The second kappa shape index (κ2) is 7.07. The summed E-state index contributed by atoms with van der Waals surface area (Å²) in [5.74, 6) is 0. The third-order valence-corrected chi connectivity index (χ3v) is 4.91. The van der Waals surface area contributed by atoms with Crippen LogP contribution in [0.1, 0.15) is 18.1 Å². The Morgan fingerprint density at radius 2 is 2.22 bits per heavy atom. The van der Waals surface area contributed by atoms with E-state index in [1.165, 1.54) is 5.56 Å². The lowest BCUT2D eigenvalue weighted by atomic mass is 10.0. The summed E-state index contributed by atoms with van der Waals surface area (Å²) in [6.45, 7) is 5.87. The Bertz CT molecular complexity index is 581. The summed E-state index contributed by atoms with van der Waals surface area (Å²) in [5, 5.41) is 3.81. The van der Waals surface area contributed by atoms with Gasteiger partial charge in [-0.2, -0.15) is 0 Å². The number of rotatable bonds is 2. The number of benzene rings is 1. The molecule has 126 valence electrons. The van der Waals surface area contributed by atoms with Crippen LogP contribution in [0.25, 0.3) is 0 Å². The first-order chi connectivity index (χ1) is 11.0.